The third kappa shape index (κ3) is 2.85. The van der Waals surface area contributed by atoms with E-state index in [0.717, 1.165) is 76.9 Å². The van der Waals surface area contributed by atoms with Gasteiger partial charge in [0.05, 0.1) is 10.8 Å². The van der Waals surface area contributed by atoms with Crippen LogP contribution < -0.4 is 0 Å². The van der Waals surface area contributed by atoms with Crippen molar-refractivity contribution in [1.82, 2.24) is 0 Å². The van der Waals surface area contributed by atoms with Gasteiger partial charge in [0.15, 0.2) is 0 Å². The summed E-state index contributed by atoms with van der Waals surface area (Å²) in [6.07, 6.45) is 11.7. The number of fused-ring (bicyclic) bond motifs is 4. The molecule has 6 rings (SSSR count). The summed E-state index contributed by atoms with van der Waals surface area (Å²) in [5.74, 6) is 0.773. The third-order valence-corrected chi connectivity index (χ3v) is 14.3. The zero-order chi connectivity index (χ0) is 26.9. The number of hydrogen-bond donors (Lipinski definition) is 0. The molecule has 5 heteroatoms. The van der Waals surface area contributed by atoms with Gasteiger partial charge < -0.3 is 14.3 Å². The lowest BCUT2D eigenvalue weighted by atomic mass is 9.31. The number of carbonyl (C=O) groups is 3. The summed E-state index contributed by atoms with van der Waals surface area (Å²) in [7, 11) is 0. The highest BCUT2D eigenvalue weighted by Gasteiger charge is 2.81. The van der Waals surface area contributed by atoms with E-state index in [2.05, 4.69) is 34.6 Å². The second-order valence-corrected chi connectivity index (χ2v) is 15.9. The smallest absolute Gasteiger partial charge is 0.313 e. The van der Waals surface area contributed by atoms with E-state index in [0.29, 0.717) is 11.8 Å². The molecule has 0 radical (unpaired) electrons. The van der Waals surface area contributed by atoms with E-state index < -0.39 is 5.41 Å². The molecule has 0 aromatic carbocycles. The fourth-order valence-electron chi connectivity index (χ4n) is 12.1. The van der Waals surface area contributed by atoms with E-state index in [1.807, 2.05) is 6.92 Å². The Morgan fingerprint density at radius 2 is 1.54 bits per heavy atom. The fourth-order valence-corrected chi connectivity index (χ4v) is 12.1. The molecular weight excluding hydrogens is 464 g/mol. The van der Waals surface area contributed by atoms with Gasteiger partial charge in [0, 0.05) is 18.3 Å². The van der Waals surface area contributed by atoms with Crippen molar-refractivity contribution in [1.29, 1.82) is 0 Å². The van der Waals surface area contributed by atoms with Crippen LogP contribution in [0, 0.1) is 50.2 Å². The Balaban J connectivity index is 1.41. The average molecular weight is 513 g/mol. The first-order chi connectivity index (χ1) is 17.1. The summed E-state index contributed by atoms with van der Waals surface area (Å²) >= 11 is 0. The second kappa shape index (κ2) is 7.42. The van der Waals surface area contributed by atoms with Gasteiger partial charge in [0.25, 0.3) is 0 Å². The number of rotatable bonds is 2. The minimum Gasteiger partial charge on any atom is -0.462 e. The van der Waals surface area contributed by atoms with Crippen molar-refractivity contribution in [2.75, 3.05) is 0 Å². The van der Waals surface area contributed by atoms with Gasteiger partial charge in [-0.15, -0.1) is 0 Å². The van der Waals surface area contributed by atoms with E-state index in [-0.39, 0.29) is 56.6 Å². The molecule has 10 atom stereocenters. The van der Waals surface area contributed by atoms with E-state index in [1.165, 1.54) is 6.92 Å². The lowest BCUT2D eigenvalue weighted by Gasteiger charge is -2.73. The SMILES string of the molecule is CC(=O)OC1CCC2(C)C(CCC3(C)C2CCC24OC(=O)C5(CCC(C)(C)CC52)CCC34C)C1(C)C=O. The quantitative estimate of drug-likeness (QED) is 0.306. The van der Waals surface area contributed by atoms with Gasteiger partial charge in [0.1, 0.15) is 18.0 Å². The van der Waals surface area contributed by atoms with Crippen LogP contribution >= 0.6 is 0 Å². The summed E-state index contributed by atoms with van der Waals surface area (Å²) in [4.78, 5) is 38.3. The van der Waals surface area contributed by atoms with Crippen LogP contribution in [0.5, 0.6) is 0 Å². The number of esters is 2. The van der Waals surface area contributed by atoms with Gasteiger partial charge in [0.2, 0.25) is 0 Å². The first-order valence-electron chi connectivity index (χ1n) is 15.0. The van der Waals surface area contributed by atoms with Crippen LogP contribution in [0.25, 0.3) is 0 Å². The van der Waals surface area contributed by atoms with E-state index >= 15 is 0 Å². The molecule has 1 heterocycles. The van der Waals surface area contributed by atoms with Crippen molar-refractivity contribution >= 4 is 18.2 Å². The molecule has 5 nitrogen and oxygen atoms in total. The van der Waals surface area contributed by atoms with Crippen LogP contribution in [0.3, 0.4) is 0 Å². The minimum absolute atomic E-state index is 0.00703. The fraction of sp³-hybridized carbons (Fsp3) is 0.906. The van der Waals surface area contributed by atoms with Crippen LogP contribution in [0.2, 0.25) is 0 Å². The van der Waals surface area contributed by atoms with Crippen molar-refractivity contribution in [3.63, 3.8) is 0 Å². The number of ether oxygens (including phenoxy) is 2. The van der Waals surface area contributed by atoms with Gasteiger partial charge in [-0.05, 0) is 106 Å². The van der Waals surface area contributed by atoms with Crippen LogP contribution in [0.1, 0.15) is 119 Å². The van der Waals surface area contributed by atoms with Crippen molar-refractivity contribution < 1.29 is 23.9 Å². The van der Waals surface area contributed by atoms with Gasteiger partial charge in [-0.2, -0.15) is 0 Å². The Bertz CT molecular complexity index is 1050. The van der Waals surface area contributed by atoms with Crippen LogP contribution in [0.4, 0.5) is 0 Å². The van der Waals surface area contributed by atoms with Gasteiger partial charge in [-0.25, -0.2) is 0 Å². The lowest BCUT2D eigenvalue weighted by Crippen LogP contribution is -2.72. The molecule has 6 aliphatic rings. The summed E-state index contributed by atoms with van der Waals surface area (Å²) < 4.78 is 12.5. The molecule has 0 aromatic rings. The summed E-state index contributed by atoms with van der Waals surface area (Å²) in [5, 5.41) is 0. The molecule has 1 spiro atoms. The van der Waals surface area contributed by atoms with Crippen molar-refractivity contribution in [3.05, 3.63) is 0 Å². The Labute approximate surface area is 223 Å². The predicted molar refractivity (Wildman–Crippen MR) is 140 cm³/mol. The molecule has 10 unspecified atom stereocenters. The van der Waals surface area contributed by atoms with E-state index in [9.17, 15) is 14.4 Å². The van der Waals surface area contributed by atoms with Crippen LogP contribution in [-0.4, -0.2) is 29.9 Å². The Morgan fingerprint density at radius 1 is 0.865 bits per heavy atom. The summed E-state index contributed by atoms with van der Waals surface area (Å²) in [5.41, 5.74) is -1.09. The third-order valence-electron chi connectivity index (χ3n) is 14.3. The summed E-state index contributed by atoms with van der Waals surface area (Å²) in [6.45, 7) is 15.7. The number of aldehydes is 1. The predicted octanol–water partition coefficient (Wildman–Crippen LogP) is 6.66. The molecule has 5 aliphatic carbocycles. The monoisotopic (exact) mass is 512 g/mol. The number of carbonyl (C=O) groups excluding carboxylic acids is 3. The zero-order valence-corrected chi connectivity index (χ0v) is 24.2. The highest BCUT2D eigenvalue weighted by molar-refractivity contribution is 5.82. The minimum atomic E-state index is -0.662. The molecule has 206 valence electrons. The van der Waals surface area contributed by atoms with E-state index in [1.54, 1.807) is 0 Å². The zero-order valence-electron chi connectivity index (χ0n) is 24.2. The average Bonchev–Trinajstić information content (AvgIpc) is 2.99. The highest BCUT2D eigenvalue weighted by Crippen LogP contribution is 2.80. The van der Waals surface area contributed by atoms with Crippen molar-refractivity contribution in [2.45, 2.75) is 131 Å². The Morgan fingerprint density at radius 3 is 2.22 bits per heavy atom. The topological polar surface area (TPSA) is 69.7 Å². The van der Waals surface area contributed by atoms with Gasteiger partial charge in [-0.3, -0.25) is 9.59 Å². The van der Waals surface area contributed by atoms with Crippen molar-refractivity contribution in [2.24, 2.45) is 50.2 Å². The molecule has 2 bridgehead atoms. The maximum atomic E-state index is 13.7. The Hall–Kier alpha value is -1.39. The molecule has 5 saturated carbocycles. The van der Waals surface area contributed by atoms with Crippen LogP contribution in [-0.2, 0) is 23.9 Å². The Kier molecular flexibility index (Phi) is 5.18. The molecular formula is C32H48O5. The van der Waals surface area contributed by atoms with Gasteiger partial charge >= 0.3 is 11.9 Å². The molecule has 0 N–H and O–H groups in total. The van der Waals surface area contributed by atoms with Gasteiger partial charge in [-0.1, -0.05) is 34.6 Å². The van der Waals surface area contributed by atoms with Crippen molar-refractivity contribution in [3.8, 4) is 0 Å². The first kappa shape index (κ1) is 25.9. The molecule has 0 aromatic heterocycles. The maximum Gasteiger partial charge on any atom is 0.313 e. The number of hydrogen-bond acceptors (Lipinski definition) is 5. The molecule has 37 heavy (non-hydrogen) atoms. The van der Waals surface area contributed by atoms with E-state index in [4.69, 9.17) is 9.47 Å². The normalized spacial score (nSPS) is 55.6. The summed E-state index contributed by atoms with van der Waals surface area (Å²) in [6, 6.07) is 0. The second-order valence-electron chi connectivity index (χ2n) is 15.9. The highest BCUT2D eigenvalue weighted by atomic mass is 16.6. The van der Waals surface area contributed by atoms with Crippen LogP contribution in [0.15, 0.2) is 0 Å². The molecule has 0 amide bonds. The molecule has 6 fully saturated rings. The first-order valence-corrected chi connectivity index (χ1v) is 15.0. The molecule has 1 saturated heterocycles. The maximum absolute atomic E-state index is 13.7. The largest absolute Gasteiger partial charge is 0.462 e. The lowest BCUT2D eigenvalue weighted by molar-refractivity contribution is -0.285. The standard InChI is InChI=1S/C32H48O5/c1-20(34)36-24-10-11-27(4)21(28(24,5)19-33)8-12-29(6)22(27)9-13-32-23-18-26(2,3)14-16-31(23,25(35)37-32)17-15-30(29,32)7/h19,21-24H,8-18H2,1-7H3. The molecule has 1 aliphatic heterocycles.